The van der Waals surface area contributed by atoms with Gasteiger partial charge in [0.1, 0.15) is 18.2 Å². The molecule has 2 amide bonds. The van der Waals surface area contributed by atoms with Crippen molar-refractivity contribution >= 4 is 11.8 Å². The van der Waals surface area contributed by atoms with Crippen molar-refractivity contribution in [1.82, 2.24) is 15.1 Å². The predicted molar refractivity (Wildman–Crippen MR) is 88.2 cm³/mol. The van der Waals surface area contributed by atoms with Crippen LogP contribution < -0.4 is 10.1 Å². The summed E-state index contributed by atoms with van der Waals surface area (Å²) in [7, 11) is 3.45. The normalized spacial score (nSPS) is 17.5. The molecule has 1 heterocycles. The van der Waals surface area contributed by atoms with Gasteiger partial charge in [0.15, 0.2) is 0 Å². The number of ether oxygens (including phenoxy) is 1. The predicted octanol–water partition coefficient (Wildman–Crippen LogP) is 0.873. The number of carbonyl (C=O) groups excluding carboxylic acids is 2. The van der Waals surface area contributed by atoms with Gasteiger partial charge in [-0.25, -0.2) is 4.39 Å². The third-order valence-electron chi connectivity index (χ3n) is 3.93. The van der Waals surface area contributed by atoms with Gasteiger partial charge in [-0.2, -0.15) is 0 Å². The third kappa shape index (κ3) is 5.19. The minimum atomic E-state index is -0.359. The van der Waals surface area contributed by atoms with E-state index in [2.05, 4.69) is 5.32 Å². The summed E-state index contributed by atoms with van der Waals surface area (Å²) in [5.41, 5.74) is 0. The average Bonchev–Trinajstić information content (AvgIpc) is 2.98. The molecule has 0 radical (unpaired) electrons. The number of nitrogens with one attached hydrogen (secondary N) is 1. The Balaban J connectivity index is 1.70. The Morgan fingerprint density at radius 2 is 2.21 bits per heavy atom. The maximum absolute atomic E-state index is 13.0. The quantitative estimate of drug-likeness (QED) is 0.750. The molecular weight excluding hydrogens is 313 g/mol. The number of halogens is 1. The van der Waals surface area contributed by atoms with Crippen LogP contribution in [-0.4, -0.2) is 68.0 Å². The van der Waals surface area contributed by atoms with Gasteiger partial charge in [-0.3, -0.25) is 14.5 Å². The lowest BCUT2D eigenvalue weighted by Gasteiger charge is -2.25. The van der Waals surface area contributed by atoms with Gasteiger partial charge in [0.2, 0.25) is 11.8 Å². The van der Waals surface area contributed by atoms with E-state index >= 15 is 0 Å². The van der Waals surface area contributed by atoms with Crippen molar-refractivity contribution in [2.45, 2.75) is 18.9 Å². The lowest BCUT2D eigenvalue weighted by molar-refractivity contribution is -0.134. The molecule has 2 rings (SSSR count). The topological polar surface area (TPSA) is 61.9 Å². The lowest BCUT2D eigenvalue weighted by Crippen LogP contribution is -2.47. The molecule has 1 saturated heterocycles. The van der Waals surface area contributed by atoms with E-state index in [1.165, 1.54) is 12.1 Å². The Kier molecular flexibility index (Phi) is 6.54. The first-order chi connectivity index (χ1) is 11.5. The SMILES string of the molecule is CN(C)C(=O)C1CCCN1CC(=O)NCCOc1cccc(F)c1. The lowest BCUT2D eigenvalue weighted by atomic mass is 10.2. The average molecular weight is 337 g/mol. The van der Waals surface area contributed by atoms with Crippen molar-refractivity contribution < 1.29 is 18.7 Å². The molecule has 7 heteroatoms. The molecule has 132 valence electrons. The van der Waals surface area contributed by atoms with Gasteiger partial charge < -0.3 is 15.0 Å². The summed E-state index contributed by atoms with van der Waals surface area (Å²) in [6.07, 6.45) is 1.70. The fraction of sp³-hybridized carbons (Fsp3) is 0.529. The second-order valence-corrected chi connectivity index (χ2v) is 6.02. The van der Waals surface area contributed by atoms with Gasteiger partial charge in [-0.15, -0.1) is 0 Å². The summed E-state index contributed by atoms with van der Waals surface area (Å²) in [5, 5.41) is 2.76. The van der Waals surface area contributed by atoms with Crippen molar-refractivity contribution in [3.8, 4) is 5.75 Å². The van der Waals surface area contributed by atoms with Crippen LogP contribution in [0.1, 0.15) is 12.8 Å². The molecule has 6 nitrogen and oxygen atoms in total. The van der Waals surface area contributed by atoms with Crippen molar-refractivity contribution in [1.29, 1.82) is 0 Å². The zero-order chi connectivity index (χ0) is 17.5. The summed E-state index contributed by atoms with van der Waals surface area (Å²) in [6.45, 7) is 1.53. The second kappa shape index (κ2) is 8.63. The molecule has 1 aliphatic heterocycles. The van der Waals surface area contributed by atoms with Crippen molar-refractivity contribution in [3.05, 3.63) is 30.1 Å². The minimum absolute atomic E-state index is 0.0368. The van der Waals surface area contributed by atoms with Crippen LogP contribution in [0, 0.1) is 5.82 Å². The van der Waals surface area contributed by atoms with Crippen LogP contribution in [-0.2, 0) is 9.59 Å². The molecule has 0 bridgehead atoms. The maximum Gasteiger partial charge on any atom is 0.239 e. The van der Waals surface area contributed by atoms with E-state index in [4.69, 9.17) is 4.74 Å². The van der Waals surface area contributed by atoms with Gasteiger partial charge in [0, 0.05) is 20.2 Å². The van der Waals surface area contributed by atoms with Crippen molar-refractivity contribution in [3.63, 3.8) is 0 Å². The molecule has 1 N–H and O–H groups in total. The Bertz CT molecular complexity index is 580. The Morgan fingerprint density at radius 1 is 1.42 bits per heavy atom. The highest BCUT2D eigenvalue weighted by Crippen LogP contribution is 2.18. The largest absolute Gasteiger partial charge is 0.492 e. The number of likely N-dealkylation sites (tertiary alicyclic amines) is 1. The number of carbonyl (C=O) groups is 2. The van der Waals surface area contributed by atoms with E-state index < -0.39 is 0 Å². The number of hydrogen-bond acceptors (Lipinski definition) is 4. The summed E-state index contributed by atoms with van der Waals surface area (Å²) < 4.78 is 18.4. The van der Waals surface area contributed by atoms with E-state index in [0.29, 0.717) is 12.3 Å². The fourth-order valence-corrected chi connectivity index (χ4v) is 2.75. The van der Waals surface area contributed by atoms with Crippen LogP contribution in [0.3, 0.4) is 0 Å². The monoisotopic (exact) mass is 337 g/mol. The highest BCUT2D eigenvalue weighted by Gasteiger charge is 2.32. The van der Waals surface area contributed by atoms with Crippen LogP contribution >= 0.6 is 0 Å². The summed E-state index contributed by atoms with van der Waals surface area (Å²) in [5.74, 6) is -0.0337. The molecule has 1 aliphatic rings. The van der Waals surface area contributed by atoms with Gasteiger partial charge >= 0.3 is 0 Å². The Labute approximate surface area is 141 Å². The summed E-state index contributed by atoms with van der Waals surface area (Å²) in [4.78, 5) is 27.6. The van der Waals surface area contributed by atoms with E-state index in [9.17, 15) is 14.0 Å². The van der Waals surface area contributed by atoms with E-state index in [1.54, 1.807) is 31.1 Å². The molecule has 0 saturated carbocycles. The molecule has 0 aliphatic carbocycles. The Morgan fingerprint density at radius 3 is 2.92 bits per heavy atom. The van der Waals surface area contributed by atoms with Crippen LogP contribution in [0.5, 0.6) is 5.75 Å². The van der Waals surface area contributed by atoms with Crippen LogP contribution in [0.15, 0.2) is 24.3 Å². The number of likely N-dealkylation sites (N-methyl/N-ethyl adjacent to an activating group) is 1. The first-order valence-electron chi connectivity index (χ1n) is 8.07. The van der Waals surface area contributed by atoms with Crippen LogP contribution in [0.4, 0.5) is 4.39 Å². The number of rotatable bonds is 7. The second-order valence-electron chi connectivity index (χ2n) is 6.02. The van der Waals surface area contributed by atoms with Crippen molar-refractivity contribution in [2.75, 3.05) is 40.3 Å². The van der Waals surface area contributed by atoms with Gasteiger partial charge in [-0.05, 0) is 31.5 Å². The molecule has 1 aromatic carbocycles. The number of hydrogen-bond donors (Lipinski definition) is 1. The van der Waals surface area contributed by atoms with E-state index in [0.717, 1.165) is 19.4 Å². The highest BCUT2D eigenvalue weighted by molar-refractivity contribution is 5.83. The van der Waals surface area contributed by atoms with E-state index in [-0.39, 0.29) is 36.8 Å². The molecular formula is C17H24FN3O3. The fourth-order valence-electron chi connectivity index (χ4n) is 2.75. The molecule has 24 heavy (non-hydrogen) atoms. The van der Waals surface area contributed by atoms with Crippen LogP contribution in [0.25, 0.3) is 0 Å². The first-order valence-corrected chi connectivity index (χ1v) is 8.07. The molecule has 1 atom stereocenters. The third-order valence-corrected chi connectivity index (χ3v) is 3.93. The zero-order valence-electron chi connectivity index (χ0n) is 14.1. The summed E-state index contributed by atoms with van der Waals surface area (Å²) >= 11 is 0. The molecule has 1 unspecified atom stereocenters. The first kappa shape index (κ1) is 18.2. The molecule has 1 aromatic rings. The van der Waals surface area contributed by atoms with Crippen molar-refractivity contribution in [2.24, 2.45) is 0 Å². The van der Waals surface area contributed by atoms with E-state index in [1.807, 2.05) is 4.90 Å². The minimum Gasteiger partial charge on any atom is -0.492 e. The van der Waals surface area contributed by atoms with Crippen LogP contribution in [0.2, 0.25) is 0 Å². The smallest absolute Gasteiger partial charge is 0.239 e. The molecule has 0 spiro atoms. The molecule has 1 fully saturated rings. The molecule has 0 aromatic heterocycles. The number of nitrogens with zero attached hydrogens (tertiary/aromatic N) is 2. The Hall–Kier alpha value is -2.15. The number of benzene rings is 1. The number of amides is 2. The zero-order valence-corrected chi connectivity index (χ0v) is 14.1. The highest BCUT2D eigenvalue weighted by atomic mass is 19.1. The maximum atomic E-state index is 13.0. The standard InChI is InChI=1S/C17H24FN3O3/c1-20(2)17(23)15-7-4-9-21(15)12-16(22)19-8-10-24-14-6-3-5-13(18)11-14/h3,5-6,11,15H,4,7-10,12H2,1-2H3,(H,19,22). The van der Waals surface area contributed by atoms with Gasteiger partial charge in [-0.1, -0.05) is 6.07 Å². The van der Waals surface area contributed by atoms with Gasteiger partial charge in [0.05, 0.1) is 19.1 Å². The van der Waals surface area contributed by atoms with Gasteiger partial charge in [0.25, 0.3) is 0 Å². The summed E-state index contributed by atoms with van der Waals surface area (Å²) in [6, 6.07) is 5.65.